The first-order valence-electron chi connectivity index (χ1n) is 10.6. The van der Waals surface area contributed by atoms with Crippen LogP contribution in [0.4, 0.5) is 11.6 Å². The molecule has 1 unspecified atom stereocenters. The average Bonchev–Trinajstić information content (AvgIpc) is 2.89. The van der Waals surface area contributed by atoms with E-state index < -0.39 is 0 Å². The van der Waals surface area contributed by atoms with E-state index >= 15 is 0 Å². The van der Waals surface area contributed by atoms with E-state index in [2.05, 4.69) is 44.4 Å². The first kappa shape index (κ1) is 18.4. The van der Waals surface area contributed by atoms with Crippen molar-refractivity contribution in [2.24, 2.45) is 0 Å². The Morgan fingerprint density at radius 1 is 1.07 bits per heavy atom. The number of hydrogen-bond donors (Lipinski definition) is 1. The summed E-state index contributed by atoms with van der Waals surface area (Å²) in [5, 5.41) is 3.45. The van der Waals surface area contributed by atoms with Gasteiger partial charge in [0, 0.05) is 32.7 Å². The predicted molar refractivity (Wildman–Crippen MR) is 113 cm³/mol. The standard InChI is InChI=1S/C22H28N6O/c1-26-14-20(29)28(18-7-4-9-23-11-18)13-19-21(26)24-15-25-22(19)27-10-8-16-5-2-3-6-17(16)12-27/h2-3,5-6,15,18,23H,4,7-14H2,1H3. The van der Waals surface area contributed by atoms with Gasteiger partial charge in [0.2, 0.25) is 5.91 Å². The zero-order chi connectivity index (χ0) is 19.8. The average molecular weight is 393 g/mol. The first-order chi connectivity index (χ1) is 14.2. The largest absolute Gasteiger partial charge is 0.351 e. The molecule has 29 heavy (non-hydrogen) atoms. The van der Waals surface area contributed by atoms with Crippen molar-refractivity contribution in [3.05, 3.63) is 47.3 Å². The minimum atomic E-state index is 0.175. The van der Waals surface area contributed by atoms with Gasteiger partial charge in [0.15, 0.2) is 0 Å². The highest BCUT2D eigenvalue weighted by Crippen LogP contribution is 2.33. The number of amides is 1. The number of piperidine rings is 1. The van der Waals surface area contributed by atoms with Crippen LogP contribution in [0.1, 0.15) is 29.5 Å². The highest BCUT2D eigenvalue weighted by Gasteiger charge is 2.33. The van der Waals surface area contributed by atoms with Gasteiger partial charge in [0.1, 0.15) is 18.0 Å². The predicted octanol–water partition coefficient (Wildman–Crippen LogP) is 1.57. The molecule has 3 aliphatic rings. The molecule has 1 N–H and O–H groups in total. The van der Waals surface area contributed by atoms with Crippen molar-refractivity contribution < 1.29 is 4.79 Å². The van der Waals surface area contributed by atoms with E-state index in [1.807, 2.05) is 11.9 Å². The van der Waals surface area contributed by atoms with E-state index in [9.17, 15) is 4.79 Å². The summed E-state index contributed by atoms with van der Waals surface area (Å²) in [4.78, 5) is 28.7. The molecule has 1 saturated heterocycles. The highest BCUT2D eigenvalue weighted by atomic mass is 16.2. The summed E-state index contributed by atoms with van der Waals surface area (Å²) in [5.41, 5.74) is 3.86. The molecule has 1 atom stereocenters. The van der Waals surface area contributed by atoms with Gasteiger partial charge in [0.25, 0.3) is 0 Å². The summed E-state index contributed by atoms with van der Waals surface area (Å²) in [6.07, 6.45) is 4.82. The quantitative estimate of drug-likeness (QED) is 0.837. The lowest BCUT2D eigenvalue weighted by molar-refractivity contribution is -0.132. The number of aromatic nitrogens is 2. The number of likely N-dealkylation sites (N-methyl/N-ethyl adjacent to an activating group) is 1. The Morgan fingerprint density at radius 2 is 1.90 bits per heavy atom. The van der Waals surface area contributed by atoms with Gasteiger partial charge < -0.3 is 20.0 Å². The van der Waals surface area contributed by atoms with Crippen LogP contribution in [0.15, 0.2) is 30.6 Å². The number of nitrogens with one attached hydrogen (secondary N) is 1. The van der Waals surface area contributed by atoms with Crippen LogP contribution in [0, 0.1) is 0 Å². The zero-order valence-electron chi connectivity index (χ0n) is 17.0. The summed E-state index contributed by atoms with van der Waals surface area (Å²) in [7, 11) is 1.96. The molecule has 1 aromatic carbocycles. The summed E-state index contributed by atoms with van der Waals surface area (Å²) >= 11 is 0. The van der Waals surface area contributed by atoms with Crippen molar-refractivity contribution >= 4 is 17.5 Å². The minimum Gasteiger partial charge on any atom is -0.351 e. The van der Waals surface area contributed by atoms with Gasteiger partial charge in [-0.3, -0.25) is 4.79 Å². The summed E-state index contributed by atoms with van der Waals surface area (Å²) in [6, 6.07) is 8.88. The second-order valence-corrected chi connectivity index (χ2v) is 8.32. The van der Waals surface area contributed by atoms with Gasteiger partial charge in [-0.1, -0.05) is 24.3 Å². The van der Waals surface area contributed by atoms with Crippen LogP contribution < -0.4 is 15.1 Å². The van der Waals surface area contributed by atoms with Crippen molar-refractivity contribution in [1.29, 1.82) is 0 Å². The molecule has 152 valence electrons. The maximum absolute atomic E-state index is 13.0. The monoisotopic (exact) mass is 392 g/mol. The molecule has 1 aromatic heterocycles. The second kappa shape index (κ2) is 7.63. The number of rotatable bonds is 2. The molecule has 0 radical (unpaired) electrons. The van der Waals surface area contributed by atoms with Gasteiger partial charge in [-0.25, -0.2) is 9.97 Å². The fraction of sp³-hybridized carbons (Fsp3) is 0.500. The molecule has 0 bridgehead atoms. The third kappa shape index (κ3) is 3.44. The van der Waals surface area contributed by atoms with Gasteiger partial charge in [0.05, 0.1) is 18.7 Å². The van der Waals surface area contributed by atoms with Crippen LogP contribution in [-0.2, 0) is 24.3 Å². The molecular weight excluding hydrogens is 364 g/mol. The zero-order valence-corrected chi connectivity index (χ0v) is 17.0. The third-order valence-electron chi connectivity index (χ3n) is 6.42. The number of nitrogens with zero attached hydrogens (tertiary/aromatic N) is 5. The Balaban J connectivity index is 1.50. The SMILES string of the molecule is CN1CC(=O)N(C2CCCNC2)Cc2c1ncnc2N1CCc2ccccc2C1. The minimum absolute atomic E-state index is 0.175. The van der Waals surface area contributed by atoms with Crippen molar-refractivity contribution in [2.75, 3.05) is 43.0 Å². The summed E-state index contributed by atoms with van der Waals surface area (Å²) < 4.78 is 0. The molecule has 5 rings (SSSR count). The Bertz CT molecular complexity index is 910. The Kier molecular flexibility index (Phi) is 4.83. The molecular formula is C22H28N6O. The Labute approximate surface area is 171 Å². The highest BCUT2D eigenvalue weighted by molar-refractivity contribution is 5.84. The third-order valence-corrected chi connectivity index (χ3v) is 6.42. The van der Waals surface area contributed by atoms with E-state index in [0.717, 1.165) is 62.6 Å². The summed E-state index contributed by atoms with van der Waals surface area (Å²) in [6.45, 7) is 4.63. The fourth-order valence-electron chi connectivity index (χ4n) is 4.87. The van der Waals surface area contributed by atoms with Gasteiger partial charge in [-0.15, -0.1) is 0 Å². The number of anilines is 2. The van der Waals surface area contributed by atoms with Crippen molar-refractivity contribution in [3.63, 3.8) is 0 Å². The molecule has 2 aromatic rings. The Hall–Kier alpha value is -2.67. The van der Waals surface area contributed by atoms with Crippen LogP contribution in [0.2, 0.25) is 0 Å². The van der Waals surface area contributed by atoms with Gasteiger partial charge >= 0.3 is 0 Å². The summed E-state index contributed by atoms with van der Waals surface area (Å²) in [5.74, 6) is 2.03. The van der Waals surface area contributed by atoms with Crippen LogP contribution >= 0.6 is 0 Å². The maximum atomic E-state index is 13.0. The Morgan fingerprint density at radius 3 is 2.72 bits per heavy atom. The number of hydrogen-bond acceptors (Lipinski definition) is 6. The van der Waals surface area contributed by atoms with Crippen LogP contribution in [-0.4, -0.2) is 60.0 Å². The lowest BCUT2D eigenvalue weighted by atomic mass is 9.99. The van der Waals surface area contributed by atoms with Crippen molar-refractivity contribution in [3.8, 4) is 0 Å². The molecule has 4 heterocycles. The van der Waals surface area contributed by atoms with E-state index in [-0.39, 0.29) is 11.9 Å². The number of carbonyl (C=O) groups is 1. The molecule has 7 nitrogen and oxygen atoms in total. The molecule has 1 amide bonds. The molecule has 7 heteroatoms. The molecule has 0 spiro atoms. The number of benzene rings is 1. The lowest BCUT2D eigenvalue weighted by Crippen LogP contribution is -2.49. The smallest absolute Gasteiger partial charge is 0.242 e. The van der Waals surface area contributed by atoms with Crippen LogP contribution in [0.25, 0.3) is 0 Å². The molecule has 3 aliphatic heterocycles. The van der Waals surface area contributed by atoms with Gasteiger partial charge in [-0.2, -0.15) is 0 Å². The molecule has 0 aliphatic carbocycles. The van der Waals surface area contributed by atoms with Crippen LogP contribution in [0.3, 0.4) is 0 Å². The van der Waals surface area contributed by atoms with E-state index in [1.165, 1.54) is 11.1 Å². The van der Waals surface area contributed by atoms with Crippen LogP contribution in [0.5, 0.6) is 0 Å². The number of fused-ring (bicyclic) bond motifs is 2. The van der Waals surface area contributed by atoms with Crippen molar-refractivity contribution in [1.82, 2.24) is 20.2 Å². The maximum Gasteiger partial charge on any atom is 0.242 e. The van der Waals surface area contributed by atoms with E-state index in [1.54, 1.807) is 6.33 Å². The first-order valence-corrected chi connectivity index (χ1v) is 10.6. The second-order valence-electron chi connectivity index (χ2n) is 8.32. The lowest BCUT2D eigenvalue weighted by Gasteiger charge is -2.35. The topological polar surface area (TPSA) is 64.6 Å². The molecule has 1 fully saturated rings. The van der Waals surface area contributed by atoms with Gasteiger partial charge in [-0.05, 0) is 36.9 Å². The fourth-order valence-corrected chi connectivity index (χ4v) is 4.87. The molecule has 0 saturated carbocycles. The van der Waals surface area contributed by atoms with E-state index in [4.69, 9.17) is 4.98 Å². The number of carbonyl (C=O) groups excluding carboxylic acids is 1. The van der Waals surface area contributed by atoms with Crippen molar-refractivity contribution in [2.45, 2.75) is 38.4 Å². The van der Waals surface area contributed by atoms with E-state index in [0.29, 0.717) is 13.1 Å². The normalized spacial score (nSPS) is 22.2.